The lowest BCUT2D eigenvalue weighted by Gasteiger charge is -2.49. The first kappa shape index (κ1) is 27.1. The van der Waals surface area contributed by atoms with E-state index in [1.165, 1.54) is 11.0 Å². The number of methoxy groups -OCH3 is 2. The number of pyridine rings is 1. The van der Waals surface area contributed by atoms with Crippen molar-refractivity contribution in [2.45, 2.75) is 23.7 Å². The standard InChI is InChI=1S/C26H27N7O6S/c1-4-11-38-26(35)28-21-24(34)33-22(17(14-39-25(21)33)15-40-19-7-9-27-10-8-19)23-29-30-31-32(23)13-16-5-6-18(36-2)12-20(16)37-3/h4-10,12,21,25H,1,11,13-15H2,2-3H3,(H,28,35)/t21-,25-/m1/s1. The van der Waals surface area contributed by atoms with Gasteiger partial charge in [0.05, 0.1) is 33.1 Å². The molecule has 0 bridgehead atoms. The van der Waals surface area contributed by atoms with Crippen LogP contribution in [0.1, 0.15) is 11.4 Å². The molecule has 3 aromatic rings. The summed E-state index contributed by atoms with van der Waals surface area (Å²) < 4.78 is 23.5. The van der Waals surface area contributed by atoms with Gasteiger partial charge in [0.2, 0.25) is 0 Å². The van der Waals surface area contributed by atoms with E-state index < -0.39 is 18.4 Å². The molecule has 1 aromatic carbocycles. The van der Waals surface area contributed by atoms with Crippen LogP contribution in [0, 0.1) is 0 Å². The maximum atomic E-state index is 13.4. The van der Waals surface area contributed by atoms with Gasteiger partial charge in [0.1, 0.15) is 18.1 Å². The molecule has 0 radical (unpaired) electrons. The number of carbonyl (C=O) groups is 2. The summed E-state index contributed by atoms with van der Waals surface area (Å²) in [5.41, 5.74) is 2.17. The van der Waals surface area contributed by atoms with E-state index >= 15 is 0 Å². The van der Waals surface area contributed by atoms with E-state index in [0.717, 1.165) is 16.0 Å². The van der Waals surface area contributed by atoms with Crippen molar-refractivity contribution >= 4 is 29.5 Å². The van der Waals surface area contributed by atoms with Gasteiger partial charge >= 0.3 is 6.09 Å². The first-order valence-corrected chi connectivity index (χ1v) is 13.2. The predicted octanol–water partition coefficient (Wildman–Crippen LogP) is 2.12. The highest BCUT2D eigenvalue weighted by Crippen LogP contribution is 2.39. The second-order valence-electron chi connectivity index (χ2n) is 8.68. The van der Waals surface area contributed by atoms with E-state index in [-0.39, 0.29) is 25.7 Å². The van der Waals surface area contributed by atoms with Gasteiger partial charge in [-0.2, -0.15) is 0 Å². The highest BCUT2D eigenvalue weighted by atomic mass is 32.2. The molecule has 4 heterocycles. The number of thioether (sulfide) groups is 1. The number of hydrogen-bond acceptors (Lipinski definition) is 11. The number of fused-ring (bicyclic) bond motifs is 1. The van der Waals surface area contributed by atoms with Gasteiger partial charge in [0.15, 0.2) is 18.1 Å². The molecule has 1 fully saturated rings. The van der Waals surface area contributed by atoms with Gasteiger partial charge in [-0.05, 0) is 40.3 Å². The van der Waals surface area contributed by atoms with Crippen molar-refractivity contribution in [2.75, 3.05) is 33.2 Å². The first-order valence-electron chi connectivity index (χ1n) is 12.2. The number of tetrazole rings is 1. The van der Waals surface area contributed by atoms with Crippen LogP contribution in [-0.2, 0) is 20.8 Å². The minimum Gasteiger partial charge on any atom is -0.497 e. The van der Waals surface area contributed by atoms with E-state index in [4.69, 9.17) is 18.9 Å². The van der Waals surface area contributed by atoms with Crippen LogP contribution < -0.4 is 14.8 Å². The average molecular weight is 566 g/mol. The highest BCUT2D eigenvalue weighted by molar-refractivity contribution is 7.99. The Morgan fingerprint density at radius 3 is 2.83 bits per heavy atom. The normalized spacial score (nSPS) is 18.1. The Kier molecular flexibility index (Phi) is 8.26. The van der Waals surface area contributed by atoms with Crippen molar-refractivity contribution in [1.82, 2.24) is 35.4 Å². The first-order chi connectivity index (χ1) is 19.5. The topological polar surface area (TPSA) is 143 Å². The molecular formula is C26H27N7O6S. The number of rotatable bonds is 11. The summed E-state index contributed by atoms with van der Waals surface area (Å²) >= 11 is 1.57. The van der Waals surface area contributed by atoms with Crippen molar-refractivity contribution in [1.29, 1.82) is 0 Å². The van der Waals surface area contributed by atoms with Crippen molar-refractivity contribution in [3.63, 3.8) is 0 Å². The number of nitrogens with zero attached hydrogens (tertiary/aromatic N) is 6. The fraction of sp³-hybridized carbons (Fsp3) is 0.308. The van der Waals surface area contributed by atoms with Gasteiger partial charge in [-0.3, -0.25) is 14.7 Å². The zero-order chi connectivity index (χ0) is 28.1. The molecule has 0 saturated carbocycles. The quantitative estimate of drug-likeness (QED) is 0.207. The van der Waals surface area contributed by atoms with Crippen LogP contribution in [0.15, 0.2) is 65.8 Å². The van der Waals surface area contributed by atoms with Crippen LogP contribution >= 0.6 is 11.8 Å². The molecule has 0 spiro atoms. The molecule has 14 heteroatoms. The predicted molar refractivity (Wildman–Crippen MR) is 143 cm³/mol. The molecule has 1 saturated heterocycles. The summed E-state index contributed by atoms with van der Waals surface area (Å²) in [7, 11) is 3.16. The molecular weight excluding hydrogens is 538 g/mol. The Bertz CT molecular complexity index is 1430. The number of hydrogen-bond donors (Lipinski definition) is 1. The van der Waals surface area contributed by atoms with Crippen LogP contribution in [0.4, 0.5) is 4.79 Å². The third-order valence-corrected chi connectivity index (χ3v) is 7.37. The number of ether oxygens (including phenoxy) is 4. The van der Waals surface area contributed by atoms with Crippen LogP contribution in [0.25, 0.3) is 5.70 Å². The van der Waals surface area contributed by atoms with Crippen molar-refractivity contribution in [2.24, 2.45) is 0 Å². The molecule has 40 heavy (non-hydrogen) atoms. The molecule has 2 aromatic heterocycles. The second-order valence-corrected chi connectivity index (χ2v) is 9.73. The molecule has 1 N–H and O–H groups in total. The van der Waals surface area contributed by atoms with Crippen LogP contribution in [0.3, 0.4) is 0 Å². The Hall–Kier alpha value is -4.43. The molecule has 0 aliphatic carbocycles. The summed E-state index contributed by atoms with van der Waals surface area (Å²) in [6, 6.07) is 8.37. The van der Waals surface area contributed by atoms with Gasteiger partial charge in [-0.15, -0.1) is 16.9 Å². The molecule has 13 nitrogen and oxygen atoms in total. The Morgan fingerprint density at radius 1 is 1.25 bits per heavy atom. The molecule has 2 aliphatic heterocycles. The van der Waals surface area contributed by atoms with E-state index in [1.54, 1.807) is 49.1 Å². The van der Waals surface area contributed by atoms with Crippen molar-refractivity contribution in [3.05, 3.63) is 72.3 Å². The van der Waals surface area contributed by atoms with Gasteiger partial charge in [-0.1, -0.05) is 12.7 Å². The Morgan fingerprint density at radius 2 is 2.08 bits per heavy atom. The van der Waals surface area contributed by atoms with Crippen LogP contribution in [0.5, 0.6) is 11.5 Å². The fourth-order valence-electron chi connectivity index (χ4n) is 4.34. The largest absolute Gasteiger partial charge is 0.497 e. The SMILES string of the molecule is C=CCOC(=O)N[C@@H]1C(=O)N2C(c3nnnn3Cc3ccc(OC)cc3OC)=C(CSc3ccncc3)CO[C@H]12. The molecule has 208 valence electrons. The second kappa shape index (κ2) is 12.2. The molecule has 2 aliphatic rings. The Balaban J connectivity index is 1.46. The zero-order valence-corrected chi connectivity index (χ0v) is 22.7. The molecule has 5 rings (SSSR count). The highest BCUT2D eigenvalue weighted by Gasteiger charge is 2.54. The minimum absolute atomic E-state index is 0.0209. The molecule has 0 unspecified atom stereocenters. The number of β-lactam (4-membered cyclic amide) rings is 1. The van der Waals surface area contributed by atoms with Gasteiger partial charge in [0, 0.05) is 34.7 Å². The van der Waals surface area contributed by atoms with Crippen LogP contribution in [0.2, 0.25) is 0 Å². The lowest BCUT2D eigenvalue weighted by atomic mass is 9.99. The zero-order valence-electron chi connectivity index (χ0n) is 21.9. The number of benzene rings is 1. The fourth-order valence-corrected chi connectivity index (χ4v) is 5.21. The average Bonchev–Trinajstić information content (AvgIpc) is 3.45. The lowest BCUT2D eigenvalue weighted by molar-refractivity contribution is -0.173. The van der Waals surface area contributed by atoms with Crippen LogP contribution in [-0.4, -0.2) is 87.5 Å². The number of carbonyl (C=O) groups excluding carboxylic acids is 2. The lowest BCUT2D eigenvalue weighted by Crippen LogP contribution is -2.72. The maximum absolute atomic E-state index is 13.4. The van der Waals surface area contributed by atoms with Gasteiger partial charge in [-0.25, -0.2) is 9.48 Å². The number of amides is 2. The Labute approximate surface area is 234 Å². The summed E-state index contributed by atoms with van der Waals surface area (Å²) in [5, 5.41) is 15.0. The monoisotopic (exact) mass is 565 g/mol. The molecule has 2 atom stereocenters. The van der Waals surface area contributed by atoms with Crippen molar-refractivity contribution < 1.29 is 28.5 Å². The number of nitrogens with one attached hydrogen (secondary N) is 1. The van der Waals surface area contributed by atoms with E-state index in [9.17, 15) is 9.59 Å². The van der Waals surface area contributed by atoms with E-state index in [0.29, 0.717) is 28.8 Å². The maximum Gasteiger partial charge on any atom is 0.408 e. The number of aromatic nitrogens is 5. The molecule has 2 amide bonds. The van der Waals surface area contributed by atoms with E-state index in [1.807, 2.05) is 24.3 Å². The van der Waals surface area contributed by atoms with Gasteiger partial charge in [0.25, 0.3) is 5.91 Å². The third-order valence-electron chi connectivity index (χ3n) is 6.27. The van der Waals surface area contributed by atoms with Crippen molar-refractivity contribution in [3.8, 4) is 11.5 Å². The summed E-state index contributed by atoms with van der Waals surface area (Å²) in [5.74, 6) is 1.79. The minimum atomic E-state index is -0.910. The smallest absolute Gasteiger partial charge is 0.408 e. The number of alkyl carbamates (subject to hydrolysis) is 1. The third kappa shape index (κ3) is 5.49. The summed E-state index contributed by atoms with van der Waals surface area (Å²) in [6.45, 7) is 4.02. The van der Waals surface area contributed by atoms with E-state index in [2.05, 4.69) is 32.4 Å². The summed E-state index contributed by atoms with van der Waals surface area (Å²) in [4.78, 5) is 32.1. The summed E-state index contributed by atoms with van der Waals surface area (Å²) in [6.07, 6.45) is 3.40. The van der Waals surface area contributed by atoms with Gasteiger partial charge < -0.3 is 24.3 Å².